The Morgan fingerprint density at radius 1 is 1.41 bits per heavy atom. The third kappa shape index (κ3) is 1.37. The molecule has 1 heterocycles. The summed E-state index contributed by atoms with van der Waals surface area (Å²) in [6.45, 7) is 0. The molecule has 17 heavy (non-hydrogen) atoms. The molecule has 0 amide bonds. The van der Waals surface area contributed by atoms with E-state index in [-0.39, 0.29) is 20.2 Å². The van der Waals surface area contributed by atoms with Crippen LogP contribution < -0.4 is 10.2 Å². The molecule has 0 radical (unpaired) electrons. The van der Waals surface area contributed by atoms with Crippen molar-refractivity contribution < 1.29 is 18.4 Å². The smallest absolute Gasteiger partial charge is 0.356 e. The van der Waals surface area contributed by atoms with Crippen molar-refractivity contribution in [2.75, 3.05) is 5.73 Å². The number of benzene rings is 1. The van der Waals surface area contributed by atoms with E-state index in [4.69, 9.17) is 11.0 Å². The molecule has 3 N–H and O–H groups in total. The number of fused-ring (bicyclic) bond motifs is 1. The molecule has 0 saturated heterocycles. The molecule has 0 atom stereocenters. The van der Waals surface area contributed by atoms with Gasteiger partial charge >= 0.3 is 5.82 Å². The van der Waals surface area contributed by atoms with Crippen molar-refractivity contribution in [3.8, 4) is 6.07 Å². The summed E-state index contributed by atoms with van der Waals surface area (Å²) in [5.74, 6) is -3.12. The first kappa shape index (κ1) is 10.8. The second kappa shape index (κ2) is 3.41. The number of nitrogens with zero attached hydrogens (tertiary/aromatic N) is 3. The summed E-state index contributed by atoms with van der Waals surface area (Å²) in [5.41, 5.74) is 3.98. The van der Waals surface area contributed by atoms with Crippen LogP contribution in [0.3, 0.4) is 0 Å². The van der Waals surface area contributed by atoms with Gasteiger partial charge in [-0.3, -0.25) is 5.73 Å². The van der Waals surface area contributed by atoms with Crippen LogP contribution in [0.4, 0.5) is 14.6 Å². The summed E-state index contributed by atoms with van der Waals surface area (Å²) >= 11 is 0. The second-order valence-electron chi connectivity index (χ2n) is 3.21. The fraction of sp³-hybridized carbons (Fsp3) is 0. The van der Waals surface area contributed by atoms with E-state index in [0.29, 0.717) is 12.1 Å². The number of anilines is 1. The van der Waals surface area contributed by atoms with Gasteiger partial charge in [-0.1, -0.05) is 4.91 Å². The summed E-state index contributed by atoms with van der Waals surface area (Å²) in [6.07, 6.45) is 0. The van der Waals surface area contributed by atoms with Crippen molar-refractivity contribution in [1.29, 1.82) is 5.26 Å². The molecule has 6 nitrogen and oxygen atoms in total. The Balaban J connectivity index is 3.11. The zero-order valence-electron chi connectivity index (χ0n) is 8.19. The third-order valence-electron chi connectivity index (χ3n) is 2.24. The lowest BCUT2D eigenvalue weighted by molar-refractivity contribution is -0.448. The average Bonchev–Trinajstić information content (AvgIpc) is 2.30. The summed E-state index contributed by atoms with van der Waals surface area (Å²) < 4.78 is 26.2. The number of nitrogens with two attached hydrogens (primary N) is 1. The SMILES string of the molecule is N#Cc1c(N)[n+](=O)c2cc(F)c(F)cc2n1O. The van der Waals surface area contributed by atoms with E-state index in [1.807, 2.05) is 0 Å². The van der Waals surface area contributed by atoms with E-state index in [2.05, 4.69) is 0 Å². The maximum atomic E-state index is 13.0. The standard InChI is InChI=1S/C9H5F2N4O2/c10-4-1-6-7(2-5(4)11)15(17)9(13)8(3-12)14(6)16/h1-2,16H,13H2/q+1. The first-order valence-corrected chi connectivity index (χ1v) is 4.32. The predicted octanol–water partition coefficient (Wildman–Crippen LogP) is 0.525. The average molecular weight is 239 g/mol. The van der Waals surface area contributed by atoms with Crippen molar-refractivity contribution in [3.05, 3.63) is 34.4 Å². The second-order valence-corrected chi connectivity index (χ2v) is 3.21. The third-order valence-corrected chi connectivity index (χ3v) is 2.24. The summed E-state index contributed by atoms with van der Waals surface area (Å²) in [7, 11) is 0. The monoisotopic (exact) mass is 239 g/mol. The Labute approximate surface area is 92.3 Å². The largest absolute Gasteiger partial charge is 0.427 e. The number of hydrogen-bond donors (Lipinski definition) is 2. The molecule has 0 bridgehead atoms. The Kier molecular flexibility index (Phi) is 2.17. The van der Waals surface area contributed by atoms with Gasteiger partial charge in [0.05, 0.1) is 0 Å². The van der Waals surface area contributed by atoms with E-state index >= 15 is 0 Å². The number of aromatic nitrogens is 2. The maximum absolute atomic E-state index is 13.0. The lowest BCUT2D eigenvalue weighted by Crippen LogP contribution is -2.26. The molecule has 0 saturated carbocycles. The number of halogens is 2. The maximum Gasteiger partial charge on any atom is 0.356 e. The molecule has 2 aromatic rings. The van der Waals surface area contributed by atoms with Crippen LogP contribution >= 0.6 is 0 Å². The molecular weight excluding hydrogens is 234 g/mol. The van der Waals surface area contributed by atoms with Crippen LogP contribution in [0.15, 0.2) is 12.1 Å². The molecule has 86 valence electrons. The Morgan fingerprint density at radius 2 is 2.00 bits per heavy atom. The number of nitriles is 1. The van der Waals surface area contributed by atoms with Gasteiger partial charge in [0.1, 0.15) is 11.6 Å². The molecule has 0 unspecified atom stereocenters. The highest BCUT2D eigenvalue weighted by atomic mass is 19.2. The van der Waals surface area contributed by atoms with Gasteiger partial charge in [-0.15, -0.1) is 0 Å². The normalized spacial score (nSPS) is 10.4. The molecule has 1 aromatic carbocycles. The van der Waals surface area contributed by atoms with Gasteiger partial charge in [-0.05, 0) is 0 Å². The molecule has 0 aliphatic heterocycles. The highest BCUT2D eigenvalue weighted by Crippen LogP contribution is 2.17. The van der Waals surface area contributed by atoms with Gasteiger partial charge in [0.25, 0.3) is 0 Å². The van der Waals surface area contributed by atoms with Gasteiger partial charge in [0, 0.05) is 16.6 Å². The minimum atomic E-state index is -1.26. The van der Waals surface area contributed by atoms with Crippen molar-refractivity contribution in [2.45, 2.75) is 0 Å². The lowest BCUT2D eigenvalue weighted by Gasteiger charge is -2.04. The Morgan fingerprint density at radius 3 is 2.59 bits per heavy atom. The van der Waals surface area contributed by atoms with Gasteiger partial charge in [0.2, 0.25) is 11.2 Å². The van der Waals surface area contributed by atoms with E-state index in [0.717, 1.165) is 0 Å². The fourth-order valence-electron chi connectivity index (χ4n) is 1.42. The van der Waals surface area contributed by atoms with Crippen molar-refractivity contribution in [2.24, 2.45) is 0 Å². The number of rotatable bonds is 0. The lowest BCUT2D eigenvalue weighted by atomic mass is 10.2. The zero-order valence-corrected chi connectivity index (χ0v) is 8.19. The number of hydrogen-bond acceptors (Lipinski definition) is 4. The van der Waals surface area contributed by atoms with Crippen LogP contribution in [0.5, 0.6) is 0 Å². The summed E-state index contributed by atoms with van der Waals surface area (Å²) in [6, 6.07) is 2.66. The molecule has 0 spiro atoms. The number of nitrogen functional groups attached to an aromatic ring is 1. The van der Waals surface area contributed by atoms with Crippen molar-refractivity contribution >= 4 is 16.9 Å². The molecule has 0 aliphatic carbocycles. The van der Waals surface area contributed by atoms with E-state index in [1.165, 1.54) is 6.07 Å². The van der Waals surface area contributed by atoms with Crippen LogP contribution in [-0.4, -0.2) is 9.94 Å². The van der Waals surface area contributed by atoms with Crippen LogP contribution in [0, 0.1) is 27.9 Å². The summed E-state index contributed by atoms with van der Waals surface area (Å²) in [4.78, 5) is 11.6. The van der Waals surface area contributed by atoms with Crippen molar-refractivity contribution in [3.63, 3.8) is 0 Å². The van der Waals surface area contributed by atoms with Crippen molar-refractivity contribution in [1.82, 2.24) is 4.73 Å². The zero-order chi connectivity index (χ0) is 12.7. The Bertz CT molecular complexity index is 733. The minimum Gasteiger partial charge on any atom is -0.427 e. The predicted molar refractivity (Wildman–Crippen MR) is 51.5 cm³/mol. The topological polar surface area (TPSA) is 97.9 Å². The quantitative estimate of drug-likeness (QED) is 0.517. The van der Waals surface area contributed by atoms with Gasteiger partial charge < -0.3 is 5.21 Å². The van der Waals surface area contributed by atoms with E-state index in [9.17, 15) is 18.9 Å². The van der Waals surface area contributed by atoms with Crippen LogP contribution in [-0.2, 0) is 0 Å². The first-order valence-electron chi connectivity index (χ1n) is 4.32. The summed E-state index contributed by atoms with van der Waals surface area (Å²) in [5, 5.41) is 18.2. The van der Waals surface area contributed by atoms with Gasteiger partial charge in [-0.25, -0.2) is 8.78 Å². The van der Waals surface area contributed by atoms with Crippen LogP contribution in [0.1, 0.15) is 5.69 Å². The van der Waals surface area contributed by atoms with E-state index in [1.54, 1.807) is 0 Å². The van der Waals surface area contributed by atoms with Crippen LogP contribution in [0.2, 0.25) is 0 Å². The fourth-order valence-corrected chi connectivity index (χ4v) is 1.42. The van der Waals surface area contributed by atoms with Crippen LogP contribution in [0.25, 0.3) is 11.0 Å². The first-order chi connectivity index (χ1) is 7.97. The van der Waals surface area contributed by atoms with Gasteiger partial charge in [0.15, 0.2) is 11.6 Å². The molecule has 1 aromatic heterocycles. The molecule has 0 fully saturated rings. The molecule has 2 rings (SSSR count). The molecular formula is C9H5F2N4O2+. The highest BCUT2D eigenvalue weighted by Gasteiger charge is 2.22. The minimum absolute atomic E-state index is 0.0448. The molecule has 0 aliphatic rings. The Hall–Kier alpha value is -2.69. The molecule has 8 heteroatoms. The van der Waals surface area contributed by atoms with Gasteiger partial charge in [-0.2, -0.15) is 9.99 Å². The highest BCUT2D eigenvalue weighted by molar-refractivity contribution is 5.73. The van der Waals surface area contributed by atoms with E-state index < -0.39 is 23.1 Å².